The monoisotopic (exact) mass is 612 g/mol. The second kappa shape index (κ2) is 19.4. The maximum atomic E-state index is 11.7. The van der Waals surface area contributed by atoms with Gasteiger partial charge in [-0.3, -0.25) is 0 Å². The molecule has 240 valence electrons. The zero-order valence-corrected chi connectivity index (χ0v) is 26.7. The average Bonchev–Trinajstić information content (AvgIpc) is 3.07. The molecule has 3 rings (SSSR count). The van der Waals surface area contributed by atoms with E-state index < -0.39 is 25.2 Å². The Labute approximate surface area is 268 Å². The standard InChI is InChI=1S/C39H48O6/c1-4-5-6-7-8-15-36-26-34(33-19-17-31(18-20-33)13-10-23-44-38(42)29(2)27-40)21-22-37(36)35-16-9-12-32(25-35)14-11-24-45-39(43)30(3)28-41/h9,12,16-22,25-26,40-41H,2-8,10-11,13-15,23-24,27-28H2,1H3. The van der Waals surface area contributed by atoms with Crippen molar-refractivity contribution in [2.45, 2.75) is 71.1 Å². The smallest absolute Gasteiger partial charge is 0.335 e. The summed E-state index contributed by atoms with van der Waals surface area (Å²) in [5.74, 6) is -1.09. The Morgan fingerprint density at radius 1 is 0.622 bits per heavy atom. The summed E-state index contributed by atoms with van der Waals surface area (Å²) in [5, 5.41) is 18.0. The van der Waals surface area contributed by atoms with Gasteiger partial charge in [-0.05, 0) is 77.5 Å². The number of unbranched alkanes of at least 4 members (excludes halogenated alkanes) is 4. The third kappa shape index (κ3) is 11.8. The lowest BCUT2D eigenvalue weighted by atomic mass is 9.90. The number of carbonyl (C=O) groups is 2. The number of rotatable bonds is 20. The number of esters is 2. The maximum absolute atomic E-state index is 11.7. The Balaban J connectivity index is 1.70. The van der Waals surface area contributed by atoms with E-state index in [0.29, 0.717) is 12.8 Å². The molecule has 0 aromatic heterocycles. The summed E-state index contributed by atoms with van der Waals surface area (Å²) in [5.41, 5.74) is 8.63. The first-order chi connectivity index (χ1) is 21.9. The summed E-state index contributed by atoms with van der Waals surface area (Å²) < 4.78 is 10.4. The largest absolute Gasteiger partial charge is 0.462 e. The topological polar surface area (TPSA) is 93.1 Å². The lowest BCUT2D eigenvalue weighted by molar-refractivity contribution is -0.140. The highest BCUT2D eigenvalue weighted by Crippen LogP contribution is 2.31. The van der Waals surface area contributed by atoms with Crippen molar-refractivity contribution in [3.63, 3.8) is 0 Å². The lowest BCUT2D eigenvalue weighted by Gasteiger charge is -2.14. The predicted molar refractivity (Wildman–Crippen MR) is 181 cm³/mol. The minimum absolute atomic E-state index is 0.0701. The highest BCUT2D eigenvalue weighted by atomic mass is 16.5. The molecule has 0 heterocycles. The Morgan fingerprint density at radius 3 is 1.84 bits per heavy atom. The molecule has 0 aliphatic carbocycles. The van der Waals surface area contributed by atoms with Gasteiger partial charge in [0.2, 0.25) is 0 Å². The van der Waals surface area contributed by atoms with Crippen LogP contribution in [-0.2, 0) is 38.3 Å². The van der Waals surface area contributed by atoms with Crippen LogP contribution in [0.5, 0.6) is 0 Å². The molecule has 0 saturated heterocycles. The van der Waals surface area contributed by atoms with Crippen LogP contribution >= 0.6 is 0 Å². The Kier molecular flexibility index (Phi) is 15.3. The number of carbonyl (C=O) groups excluding carboxylic acids is 2. The molecule has 0 saturated carbocycles. The van der Waals surface area contributed by atoms with E-state index in [0.717, 1.165) is 31.2 Å². The SMILES string of the molecule is C=C(CO)C(=O)OCCCc1ccc(-c2ccc(-c3cccc(CCCOC(=O)C(=C)CO)c3)c(CCCCCCC)c2)cc1. The molecular weight excluding hydrogens is 564 g/mol. The van der Waals surface area contributed by atoms with Crippen molar-refractivity contribution < 1.29 is 29.3 Å². The lowest BCUT2D eigenvalue weighted by Crippen LogP contribution is -2.11. The second-order valence-electron chi connectivity index (χ2n) is 11.4. The average molecular weight is 613 g/mol. The third-order valence-electron chi connectivity index (χ3n) is 7.83. The van der Waals surface area contributed by atoms with E-state index in [1.165, 1.54) is 59.1 Å². The van der Waals surface area contributed by atoms with E-state index in [4.69, 9.17) is 19.7 Å². The van der Waals surface area contributed by atoms with Crippen LogP contribution in [-0.4, -0.2) is 48.6 Å². The van der Waals surface area contributed by atoms with Gasteiger partial charge in [-0.2, -0.15) is 0 Å². The molecule has 3 aromatic rings. The molecular formula is C39H48O6. The summed E-state index contributed by atoms with van der Waals surface area (Å²) >= 11 is 0. The van der Waals surface area contributed by atoms with E-state index in [1.54, 1.807) is 0 Å². The summed E-state index contributed by atoms with van der Waals surface area (Å²) in [4.78, 5) is 23.4. The van der Waals surface area contributed by atoms with E-state index in [-0.39, 0.29) is 24.4 Å². The number of aryl methyl sites for hydroxylation is 3. The van der Waals surface area contributed by atoms with Gasteiger partial charge in [-0.15, -0.1) is 0 Å². The van der Waals surface area contributed by atoms with Crippen molar-refractivity contribution >= 4 is 11.9 Å². The molecule has 3 aromatic carbocycles. The molecule has 0 aliphatic rings. The van der Waals surface area contributed by atoms with Gasteiger partial charge in [0.15, 0.2) is 0 Å². The molecule has 6 nitrogen and oxygen atoms in total. The van der Waals surface area contributed by atoms with Crippen molar-refractivity contribution in [1.82, 2.24) is 0 Å². The first kappa shape index (κ1) is 35.5. The highest BCUT2D eigenvalue weighted by molar-refractivity contribution is 5.88. The van der Waals surface area contributed by atoms with Crippen LogP contribution in [0, 0.1) is 0 Å². The fourth-order valence-corrected chi connectivity index (χ4v) is 5.15. The maximum Gasteiger partial charge on any atom is 0.335 e. The minimum Gasteiger partial charge on any atom is -0.462 e. The molecule has 45 heavy (non-hydrogen) atoms. The molecule has 6 heteroatoms. The van der Waals surface area contributed by atoms with E-state index in [9.17, 15) is 9.59 Å². The second-order valence-corrected chi connectivity index (χ2v) is 11.4. The van der Waals surface area contributed by atoms with E-state index in [2.05, 4.69) is 86.8 Å². The van der Waals surface area contributed by atoms with Crippen molar-refractivity contribution in [1.29, 1.82) is 0 Å². The number of hydrogen-bond acceptors (Lipinski definition) is 6. The van der Waals surface area contributed by atoms with E-state index >= 15 is 0 Å². The van der Waals surface area contributed by atoms with Crippen LogP contribution in [0.15, 0.2) is 91.0 Å². The first-order valence-corrected chi connectivity index (χ1v) is 16.1. The molecule has 0 atom stereocenters. The summed E-state index contributed by atoms with van der Waals surface area (Å²) in [6.07, 6.45) is 10.1. The normalized spacial score (nSPS) is 10.8. The van der Waals surface area contributed by atoms with Gasteiger partial charge in [-0.1, -0.05) is 112 Å². The quantitative estimate of drug-likeness (QED) is 0.0776. The first-order valence-electron chi connectivity index (χ1n) is 16.1. The van der Waals surface area contributed by atoms with Gasteiger partial charge >= 0.3 is 11.9 Å². The summed E-state index contributed by atoms with van der Waals surface area (Å²) in [7, 11) is 0. The van der Waals surface area contributed by atoms with Gasteiger partial charge in [0.1, 0.15) is 0 Å². The molecule has 0 radical (unpaired) electrons. The Bertz CT molecular complexity index is 1410. The molecule has 0 aliphatic heterocycles. The molecule has 0 spiro atoms. The molecule has 0 unspecified atom stereocenters. The number of ether oxygens (including phenoxy) is 2. The predicted octanol–water partition coefficient (Wildman–Crippen LogP) is 7.58. The van der Waals surface area contributed by atoms with Crippen LogP contribution in [0.25, 0.3) is 22.3 Å². The van der Waals surface area contributed by atoms with Crippen molar-refractivity contribution in [3.05, 3.63) is 108 Å². The van der Waals surface area contributed by atoms with Crippen LogP contribution in [0.2, 0.25) is 0 Å². The van der Waals surface area contributed by atoms with Gasteiger partial charge in [0.05, 0.1) is 37.6 Å². The van der Waals surface area contributed by atoms with Crippen LogP contribution in [0.4, 0.5) is 0 Å². The fourth-order valence-electron chi connectivity index (χ4n) is 5.15. The Hall–Kier alpha value is -4.00. The summed E-state index contributed by atoms with van der Waals surface area (Å²) in [6.45, 7) is 9.02. The number of hydrogen-bond donors (Lipinski definition) is 2. The van der Waals surface area contributed by atoms with Gasteiger partial charge in [0, 0.05) is 0 Å². The minimum atomic E-state index is -0.548. The fraction of sp³-hybridized carbons (Fsp3) is 0.385. The number of aliphatic hydroxyl groups is 2. The van der Waals surface area contributed by atoms with Gasteiger partial charge in [0.25, 0.3) is 0 Å². The van der Waals surface area contributed by atoms with Crippen LogP contribution in [0.3, 0.4) is 0 Å². The number of aliphatic hydroxyl groups excluding tert-OH is 2. The molecule has 0 fully saturated rings. The van der Waals surface area contributed by atoms with Crippen molar-refractivity contribution in [2.24, 2.45) is 0 Å². The molecule has 2 N–H and O–H groups in total. The highest BCUT2D eigenvalue weighted by Gasteiger charge is 2.11. The Morgan fingerprint density at radius 2 is 1.22 bits per heavy atom. The van der Waals surface area contributed by atoms with E-state index in [1.807, 2.05) is 0 Å². The van der Waals surface area contributed by atoms with Crippen molar-refractivity contribution in [2.75, 3.05) is 26.4 Å². The number of benzene rings is 3. The third-order valence-corrected chi connectivity index (χ3v) is 7.83. The molecule has 0 amide bonds. The zero-order chi connectivity index (χ0) is 32.4. The van der Waals surface area contributed by atoms with Crippen LogP contribution in [0.1, 0.15) is 68.6 Å². The zero-order valence-electron chi connectivity index (χ0n) is 26.7. The van der Waals surface area contributed by atoms with Crippen LogP contribution < -0.4 is 0 Å². The van der Waals surface area contributed by atoms with Crippen molar-refractivity contribution in [3.8, 4) is 22.3 Å². The molecule has 0 bridgehead atoms. The van der Waals surface area contributed by atoms with Gasteiger partial charge in [-0.25, -0.2) is 9.59 Å². The van der Waals surface area contributed by atoms with Gasteiger partial charge < -0.3 is 19.7 Å². The summed E-state index contributed by atoms with van der Waals surface area (Å²) in [6, 6.07) is 23.9.